The van der Waals surface area contributed by atoms with Crippen LogP contribution in [0.1, 0.15) is 40.7 Å². The predicted octanol–water partition coefficient (Wildman–Crippen LogP) is 5.33. The highest BCUT2D eigenvalue weighted by Gasteiger charge is 2.19. The molecule has 0 bridgehead atoms. The summed E-state index contributed by atoms with van der Waals surface area (Å²) in [6, 6.07) is 23.7. The van der Waals surface area contributed by atoms with Crippen molar-refractivity contribution in [2.45, 2.75) is 32.2 Å². The number of carbonyl (C=O) groups is 2. The minimum absolute atomic E-state index is 0.00168. The third-order valence-electron chi connectivity index (χ3n) is 6.88. The number of carbonyl (C=O) groups excluding carboxylic acids is 2. The zero-order valence-corrected chi connectivity index (χ0v) is 20.5. The number of fused-ring (bicyclic) bond motifs is 1. The number of hydrogen-bond acceptors (Lipinski definition) is 3. The van der Waals surface area contributed by atoms with Gasteiger partial charge in [0.05, 0.1) is 7.11 Å². The molecule has 1 aliphatic rings. The van der Waals surface area contributed by atoms with Gasteiger partial charge in [-0.25, -0.2) is 0 Å². The summed E-state index contributed by atoms with van der Waals surface area (Å²) in [5.41, 5.74) is 5.97. The number of aromatic amines is 1. The van der Waals surface area contributed by atoms with E-state index in [1.165, 1.54) is 0 Å². The molecule has 184 valence electrons. The van der Waals surface area contributed by atoms with E-state index < -0.39 is 0 Å². The van der Waals surface area contributed by atoms with Crippen LogP contribution in [0.3, 0.4) is 0 Å². The van der Waals surface area contributed by atoms with Gasteiger partial charge in [0.2, 0.25) is 5.91 Å². The molecule has 2 heterocycles. The molecule has 3 aromatic carbocycles. The second-order valence-corrected chi connectivity index (χ2v) is 9.23. The smallest absolute Gasteiger partial charge is 0.253 e. The molecule has 2 amide bonds. The Bertz CT molecular complexity index is 1350. The lowest BCUT2D eigenvalue weighted by atomic mass is 10.0. The number of para-hydroxylation sites is 1. The van der Waals surface area contributed by atoms with Gasteiger partial charge < -0.3 is 19.9 Å². The van der Waals surface area contributed by atoms with Gasteiger partial charge in [0.1, 0.15) is 5.75 Å². The van der Waals surface area contributed by atoms with Crippen molar-refractivity contribution in [1.29, 1.82) is 0 Å². The second kappa shape index (κ2) is 10.7. The molecule has 6 heteroatoms. The van der Waals surface area contributed by atoms with Gasteiger partial charge in [-0.1, -0.05) is 30.3 Å². The molecule has 6 nitrogen and oxygen atoms in total. The van der Waals surface area contributed by atoms with Crippen molar-refractivity contribution < 1.29 is 14.3 Å². The van der Waals surface area contributed by atoms with E-state index in [0.717, 1.165) is 65.0 Å². The Balaban J connectivity index is 1.22. The maximum atomic E-state index is 12.7. The van der Waals surface area contributed by atoms with Crippen molar-refractivity contribution in [3.63, 3.8) is 0 Å². The Morgan fingerprint density at radius 1 is 0.944 bits per heavy atom. The van der Waals surface area contributed by atoms with E-state index >= 15 is 0 Å². The lowest BCUT2D eigenvalue weighted by Crippen LogP contribution is -2.27. The molecule has 0 atom stereocenters. The van der Waals surface area contributed by atoms with Crippen LogP contribution in [0.2, 0.25) is 0 Å². The molecular weight excluding hydrogens is 450 g/mol. The number of H-pyrrole nitrogens is 1. The quantitative estimate of drug-likeness (QED) is 0.357. The topological polar surface area (TPSA) is 74.4 Å². The number of rotatable bonds is 8. The molecule has 1 aromatic heterocycles. The van der Waals surface area contributed by atoms with E-state index in [-0.39, 0.29) is 11.8 Å². The van der Waals surface area contributed by atoms with Gasteiger partial charge in [-0.05, 0) is 78.4 Å². The van der Waals surface area contributed by atoms with Crippen LogP contribution in [0.4, 0.5) is 0 Å². The Hall–Kier alpha value is -4.06. The number of aromatic nitrogens is 1. The highest BCUT2D eigenvalue weighted by atomic mass is 16.5. The molecule has 4 aromatic rings. The number of nitrogens with one attached hydrogen (secondary N) is 2. The fourth-order valence-electron chi connectivity index (χ4n) is 4.86. The van der Waals surface area contributed by atoms with Crippen molar-refractivity contribution in [3.05, 3.63) is 89.5 Å². The zero-order chi connectivity index (χ0) is 24.9. The summed E-state index contributed by atoms with van der Waals surface area (Å²) in [5, 5.41) is 4.16. The van der Waals surface area contributed by atoms with Crippen molar-refractivity contribution >= 4 is 22.7 Å². The summed E-state index contributed by atoms with van der Waals surface area (Å²) in [6.45, 7) is 2.12. The summed E-state index contributed by atoms with van der Waals surface area (Å²) in [4.78, 5) is 30.7. The molecule has 2 N–H and O–H groups in total. The first kappa shape index (κ1) is 23.7. The molecule has 1 saturated heterocycles. The van der Waals surface area contributed by atoms with Crippen LogP contribution in [0, 0.1) is 0 Å². The monoisotopic (exact) mass is 481 g/mol. The number of amides is 2. The first-order chi connectivity index (χ1) is 17.6. The minimum atomic E-state index is -0.00168. The van der Waals surface area contributed by atoms with Crippen molar-refractivity contribution in [1.82, 2.24) is 15.2 Å². The van der Waals surface area contributed by atoms with Gasteiger partial charge in [-0.3, -0.25) is 9.59 Å². The molecule has 1 aliphatic heterocycles. The standard InChI is InChI=1S/C30H31N3O3/c1-36-24-14-12-22(13-15-24)29-26(25-6-2-3-7-27(25)32-29)16-17-28(34)31-20-21-8-10-23(11-9-21)30(35)33-18-4-5-19-33/h2-3,6-15,32H,4-5,16-20H2,1H3,(H,31,34). The molecular formula is C30H31N3O3. The lowest BCUT2D eigenvalue weighted by Gasteiger charge is -2.15. The van der Waals surface area contributed by atoms with Crippen LogP contribution in [0.15, 0.2) is 72.8 Å². The van der Waals surface area contributed by atoms with Crippen LogP contribution in [-0.4, -0.2) is 41.9 Å². The summed E-state index contributed by atoms with van der Waals surface area (Å²) in [5.74, 6) is 0.900. The number of benzene rings is 3. The Morgan fingerprint density at radius 3 is 2.39 bits per heavy atom. The van der Waals surface area contributed by atoms with Crippen molar-refractivity contribution in [2.24, 2.45) is 0 Å². The van der Waals surface area contributed by atoms with Crippen LogP contribution in [0.25, 0.3) is 22.2 Å². The fraction of sp³-hybridized carbons (Fsp3) is 0.267. The molecule has 1 fully saturated rings. The average Bonchev–Trinajstić information content (AvgIpc) is 3.59. The van der Waals surface area contributed by atoms with E-state index in [1.807, 2.05) is 65.6 Å². The Labute approximate surface area is 211 Å². The number of hydrogen-bond donors (Lipinski definition) is 2. The summed E-state index contributed by atoms with van der Waals surface area (Å²) >= 11 is 0. The summed E-state index contributed by atoms with van der Waals surface area (Å²) in [6.07, 6.45) is 3.17. The molecule has 0 aliphatic carbocycles. The van der Waals surface area contributed by atoms with E-state index in [2.05, 4.69) is 22.4 Å². The van der Waals surface area contributed by atoms with Crippen molar-refractivity contribution in [3.8, 4) is 17.0 Å². The average molecular weight is 482 g/mol. The van der Waals surface area contributed by atoms with Crippen LogP contribution < -0.4 is 10.1 Å². The maximum Gasteiger partial charge on any atom is 0.253 e. The zero-order valence-electron chi connectivity index (χ0n) is 20.5. The Kier molecular flexibility index (Phi) is 7.03. The SMILES string of the molecule is COc1ccc(-c2[nH]c3ccccc3c2CCC(=O)NCc2ccc(C(=O)N3CCCC3)cc2)cc1. The fourth-order valence-corrected chi connectivity index (χ4v) is 4.86. The molecule has 5 rings (SSSR count). The number of aryl methyl sites for hydroxylation is 1. The van der Waals surface area contributed by atoms with Crippen molar-refractivity contribution in [2.75, 3.05) is 20.2 Å². The van der Waals surface area contributed by atoms with E-state index in [0.29, 0.717) is 24.9 Å². The van der Waals surface area contributed by atoms with Gasteiger partial charge >= 0.3 is 0 Å². The van der Waals surface area contributed by atoms with Gasteiger partial charge in [-0.2, -0.15) is 0 Å². The third kappa shape index (κ3) is 5.13. The number of likely N-dealkylation sites (tertiary alicyclic amines) is 1. The highest BCUT2D eigenvalue weighted by Crippen LogP contribution is 2.32. The van der Waals surface area contributed by atoms with Gasteiger partial charge in [0.25, 0.3) is 5.91 Å². The number of methoxy groups -OCH3 is 1. The first-order valence-corrected chi connectivity index (χ1v) is 12.5. The maximum absolute atomic E-state index is 12.7. The molecule has 0 spiro atoms. The third-order valence-corrected chi connectivity index (χ3v) is 6.88. The van der Waals surface area contributed by atoms with Gasteiger partial charge in [0.15, 0.2) is 0 Å². The van der Waals surface area contributed by atoms with E-state index in [1.54, 1.807) is 7.11 Å². The van der Waals surface area contributed by atoms with E-state index in [9.17, 15) is 9.59 Å². The number of ether oxygens (including phenoxy) is 1. The van der Waals surface area contributed by atoms with Gasteiger partial charge in [0, 0.05) is 48.2 Å². The molecule has 0 radical (unpaired) electrons. The summed E-state index contributed by atoms with van der Waals surface area (Å²) < 4.78 is 5.30. The second-order valence-electron chi connectivity index (χ2n) is 9.23. The molecule has 0 unspecified atom stereocenters. The largest absolute Gasteiger partial charge is 0.497 e. The Morgan fingerprint density at radius 2 is 1.67 bits per heavy atom. The minimum Gasteiger partial charge on any atom is -0.497 e. The van der Waals surface area contributed by atoms with E-state index in [4.69, 9.17) is 4.74 Å². The van der Waals surface area contributed by atoms with Gasteiger partial charge in [-0.15, -0.1) is 0 Å². The molecule has 0 saturated carbocycles. The highest BCUT2D eigenvalue weighted by molar-refractivity contribution is 5.94. The normalized spacial score (nSPS) is 13.2. The van der Waals surface area contributed by atoms with Crippen LogP contribution in [-0.2, 0) is 17.8 Å². The molecule has 36 heavy (non-hydrogen) atoms. The lowest BCUT2D eigenvalue weighted by molar-refractivity contribution is -0.121. The predicted molar refractivity (Wildman–Crippen MR) is 142 cm³/mol. The van der Waals surface area contributed by atoms with Crippen LogP contribution in [0.5, 0.6) is 5.75 Å². The number of nitrogens with zero attached hydrogens (tertiary/aromatic N) is 1. The first-order valence-electron chi connectivity index (χ1n) is 12.5. The summed E-state index contributed by atoms with van der Waals surface area (Å²) in [7, 11) is 1.66. The van der Waals surface area contributed by atoms with Crippen LogP contribution >= 0.6 is 0 Å².